The van der Waals surface area contributed by atoms with Gasteiger partial charge in [-0.05, 0) is 32.7 Å². The van der Waals surface area contributed by atoms with Crippen molar-refractivity contribution in [3.63, 3.8) is 0 Å². The third-order valence-corrected chi connectivity index (χ3v) is 3.16. The van der Waals surface area contributed by atoms with E-state index in [9.17, 15) is 0 Å². The second-order valence-corrected chi connectivity index (χ2v) is 4.93. The lowest BCUT2D eigenvalue weighted by Gasteiger charge is -2.37. The predicted molar refractivity (Wildman–Crippen MR) is 68.5 cm³/mol. The number of hydrogen-bond acceptors (Lipinski definition) is 4. The van der Waals surface area contributed by atoms with E-state index in [0.717, 1.165) is 32.4 Å². The smallest absolute Gasteiger partial charge is 0.0933 e. The lowest BCUT2D eigenvalue weighted by atomic mass is 10.1. The molecule has 4 nitrogen and oxygen atoms in total. The van der Waals surface area contributed by atoms with Crippen molar-refractivity contribution in [3.8, 4) is 0 Å². The lowest BCUT2D eigenvalue weighted by molar-refractivity contribution is -0.0779. The van der Waals surface area contributed by atoms with Gasteiger partial charge in [0.2, 0.25) is 0 Å². The molecule has 0 saturated carbocycles. The van der Waals surface area contributed by atoms with Crippen LogP contribution >= 0.6 is 12.2 Å². The minimum Gasteiger partial charge on any atom is -0.394 e. The van der Waals surface area contributed by atoms with Gasteiger partial charge < -0.3 is 15.6 Å². The molecule has 0 aliphatic carbocycles. The zero-order chi connectivity index (χ0) is 12.0. The molecule has 1 rings (SSSR count). The number of aliphatic hydroxyl groups excluding tert-OH is 1. The number of morpholine rings is 1. The number of nitrogens with two attached hydrogens (primary N) is 1. The highest BCUT2D eigenvalue weighted by molar-refractivity contribution is 7.80. The molecule has 0 amide bonds. The second kappa shape index (κ2) is 7.17. The molecule has 1 aliphatic rings. The topological polar surface area (TPSA) is 58.7 Å². The summed E-state index contributed by atoms with van der Waals surface area (Å²) in [4.78, 5) is 2.97. The van der Waals surface area contributed by atoms with Gasteiger partial charge in [0, 0.05) is 12.6 Å². The lowest BCUT2D eigenvalue weighted by Crippen LogP contribution is -2.49. The minimum atomic E-state index is -0.0215. The summed E-state index contributed by atoms with van der Waals surface area (Å²) in [5.74, 6) is 0. The first-order valence-electron chi connectivity index (χ1n) is 5.88. The molecule has 0 aromatic heterocycles. The second-order valence-electron chi connectivity index (χ2n) is 4.41. The average Bonchev–Trinajstić information content (AvgIpc) is 2.26. The fourth-order valence-corrected chi connectivity index (χ4v) is 2.06. The number of nitrogens with zero attached hydrogens (tertiary/aromatic N) is 1. The van der Waals surface area contributed by atoms with E-state index in [0.29, 0.717) is 17.6 Å². The molecule has 5 heteroatoms. The Kier molecular flexibility index (Phi) is 6.20. The minimum absolute atomic E-state index is 0.0215. The van der Waals surface area contributed by atoms with Crippen LogP contribution in [0.1, 0.15) is 26.2 Å². The van der Waals surface area contributed by atoms with Crippen molar-refractivity contribution in [1.82, 2.24) is 4.90 Å². The van der Waals surface area contributed by atoms with Crippen LogP contribution in [0.5, 0.6) is 0 Å². The Balaban J connectivity index is 2.20. The largest absolute Gasteiger partial charge is 0.394 e. The van der Waals surface area contributed by atoms with Gasteiger partial charge in [0.15, 0.2) is 0 Å². The molecule has 16 heavy (non-hydrogen) atoms. The molecule has 1 saturated heterocycles. The number of unbranched alkanes of at least 4 members (excludes halogenated alkanes) is 1. The monoisotopic (exact) mass is 246 g/mol. The Hall–Kier alpha value is -0.230. The van der Waals surface area contributed by atoms with Crippen LogP contribution in [-0.2, 0) is 4.74 Å². The zero-order valence-electron chi connectivity index (χ0n) is 9.89. The molecule has 2 atom stereocenters. The Labute approximate surface area is 103 Å². The maximum absolute atomic E-state index is 9.05. The Morgan fingerprint density at radius 3 is 2.94 bits per heavy atom. The maximum atomic E-state index is 9.05. The van der Waals surface area contributed by atoms with E-state index in [-0.39, 0.29) is 12.7 Å². The van der Waals surface area contributed by atoms with Crippen molar-refractivity contribution in [2.24, 2.45) is 5.73 Å². The van der Waals surface area contributed by atoms with Gasteiger partial charge in [-0.2, -0.15) is 0 Å². The first-order chi connectivity index (χ1) is 7.63. The molecule has 94 valence electrons. The van der Waals surface area contributed by atoms with Crippen LogP contribution in [0.25, 0.3) is 0 Å². The fraction of sp³-hybridized carbons (Fsp3) is 0.909. The highest BCUT2D eigenvalue weighted by Gasteiger charge is 2.24. The highest BCUT2D eigenvalue weighted by Crippen LogP contribution is 2.12. The molecule has 3 N–H and O–H groups in total. The molecule has 1 aliphatic heterocycles. The van der Waals surface area contributed by atoms with Crippen LogP contribution in [0.15, 0.2) is 0 Å². The summed E-state index contributed by atoms with van der Waals surface area (Å²) in [7, 11) is 0. The van der Waals surface area contributed by atoms with Crippen LogP contribution in [0.2, 0.25) is 0 Å². The molecular weight excluding hydrogens is 224 g/mol. The first-order valence-corrected chi connectivity index (χ1v) is 6.29. The molecule has 0 aromatic rings. The van der Waals surface area contributed by atoms with Crippen molar-refractivity contribution in [2.45, 2.75) is 38.3 Å². The van der Waals surface area contributed by atoms with E-state index in [1.807, 2.05) is 0 Å². The first kappa shape index (κ1) is 13.8. The zero-order valence-corrected chi connectivity index (χ0v) is 10.7. The molecule has 1 heterocycles. The average molecular weight is 246 g/mol. The number of aliphatic hydroxyl groups is 1. The van der Waals surface area contributed by atoms with Gasteiger partial charge >= 0.3 is 0 Å². The van der Waals surface area contributed by atoms with Crippen molar-refractivity contribution >= 4 is 17.2 Å². The molecule has 0 spiro atoms. The number of ether oxygens (including phenoxy) is 1. The summed E-state index contributed by atoms with van der Waals surface area (Å²) in [6.45, 7) is 4.83. The summed E-state index contributed by atoms with van der Waals surface area (Å²) in [6, 6.07) is 0.438. The van der Waals surface area contributed by atoms with Crippen LogP contribution in [0, 0.1) is 0 Å². The van der Waals surface area contributed by atoms with Gasteiger partial charge in [-0.25, -0.2) is 0 Å². The van der Waals surface area contributed by atoms with Crippen LogP contribution in [0.4, 0.5) is 0 Å². The maximum Gasteiger partial charge on any atom is 0.0933 e. The van der Waals surface area contributed by atoms with E-state index < -0.39 is 0 Å². The van der Waals surface area contributed by atoms with Crippen molar-refractivity contribution in [2.75, 3.05) is 26.3 Å². The fourth-order valence-electron chi connectivity index (χ4n) is 1.91. The summed E-state index contributed by atoms with van der Waals surface area (Å²) in [5.41, 5.74) is 5.45. The molecule has 0 aromatic carbocycles. The van der Waals surface area contributed by atoms with Crippen LogP contribution in [-0.4, -0.2) is 53.4 Å². The summed E-state index contributed by atoms with van der Waals surface area (Å²) < 4.78 is 5.48. The third kappa shape index (κ3) is 4.74. The molecule has 0 radical (unpaired) electrons. The van der Waals surface area contributed by atoms with Gasteiger partial charge in [-0.15, -0.1) is 0 Å². The van der Waals surface area contributed by atoms with Crippen molar-refractivity contribution < 1.29 is 9.84 Å². The van der Waals surface area contributed by atoms with E-state index >= 15 is 0 Å². The number of hydrogen-bond donors (Lipinski definition) is 2. The highest BCUT2D eigenvalue weighted by atomic mass is 32.1. The van der Waals surface area contributed by atoms with Gasteiger partial charge in [0.25, 0.3) is 0 Å². The van der Waals surface area contributed by atoms with E-state index in [1.54, 1.807) is 0 Å². The Morgan fingerprint density at radius 2 is 2.31 bits per heavy atom. The van der Waals surface area contributed by atoms with Crippen LogP contribution < -0.4 is 5.73 Å². The molecule has 2 unspecified atom stereocenters. The normalized spacial score (nSPS) is 26.9. The van der Waals surface area contributed by atoms with Crippen molar-refractivity contribution in [1.29, 1.82) is 0 Å². The third-order valence-electron chi connectivity index (χ3n) is 2.96. The van der Waals surface area contributed by atoms with Crippen LogP contribution in [0.3, 0.4) is 0 Å². The molecule has 0 bridgehead atoms. The van der Waals surface area contributed by atoms with E-state index in [1.165, 1.54) is 0 Å². The quantitative estimate of drug-likeness (QED) is 0.529. The van der Waals surface area contributed by atoms with Gasteiger partial charge in [-0.1, -0.05) is 12.2 Å². The van der Waals surface area contributed by atoms with E-state index in [4.69, 9.17) is 27.8 Å². The molecular formula is C11H22N2O2S. The molecule has 1 fully saturated rings. The van der Waals surface area contributed by atoms with E-state index in [2.05, 4.69) is 11.8 Å². The number of rotatable bonds is 6. The summed E-state index contributed by atoms with van der Waals surface area (Å²) in [6.07, 6.45) is 2.95. The van der Waals surface area contributed by atoms with Gasteiger partial charge in [-0.3, -0.25) is 4.90 Å². The Bertz CT molecular complexity index is 226. The SMILES string of the molecule is CC1COC(CO)CN1CCCCC(N)=S. The summed E-state index contributed by atoms with van der Waals surface area (Å²) in [5, 5.41) is 9.05. The van der Waals surface area contributed by atoms with Crippen molar-refractivity contribution in [3.05, 3.63) is 0 Å². The number of thiocarbonyl (C=S) groups is 1. The predicted octanol–water partition coefficient (Wildman–Crippen LogP) is 0.524. The van der Waals surface area contributed by atoms with Gasteiger partial charge in [0.05, 0.1) is 24.3 Å². The van der Waals surface area contributed by atoms with Gasteiger partial charge in [0.1, 0.15) is 0 Å². The Morgan fingerprint density at radius 1 is 1.56 bits per heavy atom. The standard InChI is InChI=1S/C11H22N2O2S/c1-9-8-15-10(7-14)6-13(9)5-3-2-4-11(12)16/h9-10,14H,2-8H2,1H3,(H2,12,16). The summed E-state index contributed by atoms with van der Waals surface area (Å²) >= 11 is 4.84.